The monoisotopic (exact) mass is 318 g/mol. The summed E-state index contributed by atoms with van der Waals surface area (Å²) < 4.78 is 31.3. The molecule has 1 unspecified atom stereocenters. The van der Waals surface area contributed by atoms with E-state index in [0.717, 1.165) is 12.1 Å². The van der Waals surface area contributed by atoms with Crippen molar-refractivity contribution in [2.75, 3.05) is 13.7 Å². The van der Waals surface area contributed by atoms with E-state index < -0.39 is 31.1 Å². The lowest BCUT2D eigenvalue weighted by molar-refractivity contribution is -0.387. The molecule has 2 N–H and O–H groups in total. The molecular formula is C12H18N2O6S. The van der Waals surface area contributed by atoms with E-state index >= 15 is 0 Å². The van der Waals surface area contributed by atoms with E-state index in [0.29, 0.717) is 6.42 Å². The summed E-state index contributed by atoms with van der Waals surface area (Å²) >= 11 is 0. The quantitative estimate of drug-likeness (QED) is 0.573. The number of rotatable bonds is 7. The van der Waals surface area contributed by atoms with Crippen LogP contribution in [0.1, 0.15) is 20.3 Å². The number of nitrogens with zero attached hydrogens (tertiary/aromatic N) is 1. The largest absolute Gasteiger partial charge is 0.497 e. The Hall–Kier alpha value is -1.71. The topological polar surface area (TPSA) is 119 Å². The molecule has 1 atom stereocenters. The Balaban J connectivity index is 3.16. The Morgan fingerprint density at radius 3 is 2.57 bits per heavy atom. The SMILES string of the molecule is CCC(C)(O)CNS(=O)(=O)c1ccc(OC)cc1[N+](=O)[O-]. The average Bonchev–Trinajstić information content (AvgIpc) is 2.44. The predicted octanol–water partition coefficient (Wildman–Crippen LogP) is 1.04. The fourth-order valence-electron chi connectivity index (χ4n) is 1.45. The highest BCUT2D eigenvalue weighted by Gasteiger charge is 2.28. The van der Waals surface area contributed by atoms with Crippen molar-refractivity contribution in [1.82, 2.24) is 4.72 Å². The van der Waals surface area contributed by atoms with Crippen LogP contribution in [0.4, 0.5) is 5.69 Å². The first-order chi connectivity index (χ1) is 9.63. The summed E-state index contributed by atoms with van der Waals surface area (Å²) in [5, 5.41) is 20.8. The Labute approximate surface area is 122 Å². The van der Waals surface area contributed by atoms with Crippen molar-refractivity contribution >= 4 is 15.7 Å². The van der Waals surface area contributed by atoms with Crippen molar-refractivity contribution < 1.29 is 23.2 Å². The standard InChI is InChI=1S/C12H18N2O6S/c1-4-12(2,15)8-13-21(18,19)11-6-5-9(20-3)7-10(11)14(16)17/h5-7,13,15H,4,8H2,1-3H3. The summed E-state index contributed by atoms with van der Waals surface area (Å²) in [5.41, 5.74) is -1.81. The molecule has 0 spiro atoms. The zero-order valence-electron chi connectivity index (χ0n) is 12.0. The Kier molecular flexibility index (Phi) is 5.26. The van der Waals surface area contributed by atoms with E-state index in [-0.39, 0.29) is 12.3 Å². The molecule has 0 amide bonds. The molecule has 0 radical (unpaired) electrons. The van der Waals surface area contributed by atoms with Crippen LogP contribution in [0, 0.1) is 10.1 Å². The summed E-state index contributed by atoms with van der Waals surface area (Å²) in [6.45, 7) is 2.93. The summed E-state index contributed by atoms with van der Waals surface area (Å²) in [6, 6.07) is 3.45. The number of hydrogen-bond donors (Lipinski definition) is 2. The van der Waals surface area contributed by atoms with Gasteiger partial charge in [0, 0.05) is 6.54 Å². The highest BCUT2D eigenvalue weighted by atomic mass is 32.2. The van der Waals surface area contributed by atoms with Crippen molar-refractivity contribution in [2.45, 2.75) is 30.8 Å². The average molecular weight is 318 g/mol. The van der Waals surface area contributed by atoms with Crippen LogP contribution in [-0.4, -0.2) is 37.7 Å². The maximum absolute atomic E-state index is 12.2. The maximum Gasteiger partial charge on any atom is 0.293 e. The molecule has 8 nitrogen and oxygen atoms in total. The van der Waals surface area contributed by atoms with Crippen LogP contribution in [0.5, 0.6) is 5.75 Å². The summed E-state index contributed by atoms with van der Waals surface area (Å²) in [6.07, 6.45) is 0.334. The minimum Gasteiger partial charge on any atom is -0.497 e. The Bertz CT molecular complexity index is 627. The second kappa shape index (κ2) is 6.37. The van der Waals surface area contributed by atoms with Crippen LogP contribution in [0.25, 0.3) is 0 Å². The number of nitro benzene ring substituents is 1. The van der Waals surface area contributed by atoms with E-state index in [4.69, 9.17) is 4.74 Å². The van der Waals surface area contributed by atoms with E-state index in [1.54, 1.807) is 6.92 Å². The first-order valence-electron chi connectivity index (χ1n) is 6.17. The molecule has 118 valence electrons. The Morgan fingerprint density at radius 2 is 2.10 bits per heavy atom. The van der Waals surface area contributed by atoms with E-state index in [1.165, 1.54) is 20.1 Å². The van der Waals surface area contributed by atoms with Crippen molar-refractivity contribution in [3.05, 3.63) is 28.3 Å². The fourth-order valence-corrected chi connectivity index (χ4v) is 2.76. The van der Waals surface area contributed by atoms with Gasteiger partial charge in [-0.1, -0.05) is 6.92 Å². The summed E-state index contributed by atoms with van der Waals surface area (Å²) in [4.78, 5) is 9.73. The van der Waals surface area contributed by atoms with Crippen LogP contribution >= 0.6 is 0 Å². The molecule has 0 aliphatic heterocycles. The zero-order chi connectivity index (χ0) is 16.3. The predicted molar refractivity (Wildman–Crippen MR) is 75.8 cm³/mol. The number of nitro groups is 1. The fraction of sp³-hybridized carbons (Fsp3) is 0.500. The minimum absolute atomic E-state index is 0.182. The lowest BCUT2D eigenvalue weighted by Gasteiger charge is -2.21. The van der Waals surface area contributed by atoms with Gasteiger partial charge in [0.2, 0.25) is 10.0 Å². The van der Waals surface area contributed by atoms with Crippen LogP contribution in [-0.2, 0) is 10.0 Å². The minimum atomic E-state index is -4.11. The van der Waals surface area contributed by atoms with E-state index in [1.807, 2.05) is 0 Å². The first kappa shape index (κ1) is 17.3. The van der Waals surface area contributed by atoms with Crippen molar-refractivity contribution in [3.63, 3.8) is 0 Å². The first-order valence-corrected chi connectivity index (χ1v) is 7.66. The molecule has 21 heavy (non-hydrogen) atoms. The zero-order valence-corrected chi connectivity index (χ0v) is 12.8. The summed E-state index contributed by atoms with van der Waals surface area (Å²) in [7, 11) is -2.79. The number of sulfonamides is 1. The molecule has 0 saturated carbocycles. The molecule has 9 heteroatoms. The van der Waals surface area contributed by atoms with Gasteiger partial charge >= 0.3 is 0 Å². The number of nitrogens with one attached hydrogen (secondary N) is 1. The third-order valence-corrected chi connectivity index (χ3v) is 4.51. The van der Waals surface area contributed by atoms with Crippen molar-refractivity contribution in [3.8, 4) is 5.75 Å². The Morgan fingerprint density at radius 1 is 1.48 bits per heavy atom. The maximum atomic E-state index is 12.2. The number of benzene rings is 1. The molecule has 0 saturated heterocycles. The molecule has 0 heterocycles. The molecule has 1 aromatic carbocycles. The van der Waals surface area contributed by atoms with Crippen LogP contribution in [0.2, 0.25) is 0 Å². The molecule has 1 rings (SSSR count). The number of methoxy groups -OCH3 is 1. The highest BCUT2D eigenvalue weighted by Crippen LogP contribution is 2.28. The molecule has 0 aliphatic rings. The van der Waals surface area contributed by atoms with Crippen LogP contribution < -0.4 is 9.46 Å². The van der Waals surface area contributed by atoms with E-state index in [9.17, 15) is 23.6 Å². The lowest BCUT2D eigenvalue weighted by atomic mass is 10.1. The molecule has 0 aliphatic carbocycles. The lowest BCUT2D eigenvalue weighted by Crippen LogP contribution is -2.40. The van der Waals surface area contributed by atoms with Gasteiger partial charge in [-0.2, -0.15) is 0 Å². The van der Waals surface area contributed by atoms with Gasteiger partial charge in [-0.3, -0.25) is 10.1 Å². The second-order valence-electron chi connectivity index (χ2n) is 4.77. The molecule has 0 bridgehead atoms. The van der Waals surface area contributed by atoms with Gasteiger partial charge in [-0.05, 0) is 25.5 Å². The van der Waals surface area contributed by atoms with Gasteiger partial charge in [0.25, 0.3) is 5.69 Å². The van der Waals surface area contributed by atoms with Gasteiger partial charge in [-0.15, -0.1) is 0 Å². The smallest absolute Gasteiger partial charge is 0.293 e. The van der Waals surface area contributed by atoms with Crippen molar-refractivity contribution in [1.29, 1.82) is 0 Å². The normalized spacial score (nSPS) is 14.5. The number of ether oxygens (including phenoxy) is 1. The van der Waals surface area contributed by atoms with Gasteiger partial charge < -0.3 is 9.84 Å². The van der Waals surface area contributed by atoms with E-state index in [2.05, 4.69) is 4.72 Å². The highest BCUT2D eigenvalue weighted by molar-refractivity contribution is 7.89. The molecular weight excluding hydrogens is 300 g/mol. The van der Waals surface area contributed by atoms with Crippen LogP contribution in [0.15, 0.2) is 23.1 Å². The van der Waals surface area contributed by atoms with Gasteiger partial charge in [0.05, 0.1) is 23.7 Å². The second-order valence-corrected chi connectivity index (χ2v) is 6.50. The molecule has 1 aromatic rings. The molecule has 0 aromatic heterocycles. The van der Waals surface area contributed by atoms with Crippen molar-refractivity contribution in [2.24, 2.45) is 0 Å². The van der Waals surface area contributed by atoms with Gasteiger partial charge in [0.1, 0.15) is 5.75 Å². The van der Waals surface area contributed by atoms with Gasteiger partial charge in [0.15, 0.2) is 4.90 Å². The van der Waals surface area contributed by atoms with Crippen LogP contribution in [0.3, 0.4) is 0 Å². The number of aliphatic hydroxyl groups is 1. The number of hydrogen-bond acceptors (Lipinski definition) is 6. The third-order valence-electron chi connectivity index (χ3n) is 3.06. The molecule has 0 fully saturated rings. The van der Waals surface area contributed by atoms with Gasteiger partial charge in [-0.25, -0.2) is 13.1 Å². The third kappa shape index (κ3) is 4.38. The summed E-state index contributed by atoms with van der Waals surface area (Å²) in [5.74, 6) is 0.182.